The molecule has 0 aliphatic carbocycles. The van der Waals surface area contributed by atoms with Gasteiger partial charge in [0.25, 0.3) is 20.2 Å². The first kappa shape index (κ1) is 33.7. The van der Waals surface area contributed by atoms with Gasteiger partial charge in [-0.15, -0.1) is 0 Å². The minimum Gasteiger partial charge on any atom is -0.504 e. The molecule has 0 aliphatic heterocycles. The van der Waals surface area contributed by atoms with Gasteiger partial charge in [-0.2, -0.15) is 41.3 Å². The molecule has 0 radical (unpaired) electrons. The number of sulfone groups is 1. The maximum Gasteiger partial charge on any atom is 0.315 e. The van der Waals surface area contributed by atoms with E-state index in [0.717, 1.165) is 29.7 Å². The maximum absolute atomic E-state index is 14.5. The molecule has 21 heteroatoms. The van der Waals surface area contributed by atoms with Gasteiger partial charge in [0.1, 0.15) is 5.69 Å². The molecule has 0 atom stereocenters. The van der Waals surface area contributed by atoms with Crippen molar-refractivity contribution in [2.24, 2.45) is 10.8 Å². The van der Waals surface area contributed by atoms with E-state index in [1.807, 2.05) is 0 Å². The lowest BCUT2D eigenvalue weighted by Crippen LogP contribution is -2.16. The summed E-state index contributed by atoms with van der Waals surface area (Å²) in [6.45, 7) is 3.27. The van der Waals surface area contributed by atoms with Crippen LogP contribution >= 0.6 is 0 Å². The molecule has 1 aromatic heterocycles. The summed E-state index contributed by atoms with van der Waals surface area (Å²) >= 11 is 0. The second-order valence-corrected chi connectivity index (χ2v) is 13.8. The van der Waals surface area contributed by atoms with Crippen molar-refractivity contribution in [3.05, 3.63) is 84.3 Å². The van der Waals surface area contributed by atoms with E-state index in [-0.39, 0.29) is 27.9 Å². The zero-order valence-electron chi connectivity index (χ0n) is 23.3. The number of hydrogen-bond donors (Lipinski definition) is 6. The topological polar surface area (TPSA) is 267 Å². The number of hydrogen-bond acceptors (Lipinski definition) is 14. The number of phenols is 1. The summed E-state index contributed by atoms with van der Waals surface area (Å²) in [5.41, 5.74) is 7.71. The van der Waals surface area contributed by atoms with Crippen LogP contribution in [0, 0.1) is 6.08 Å². The number of nitrogens with two attached hydrogens (primary N) is 1. The molecular weight excluding hydrogens is 672 g/mol. The first-order valence-corrected chi connectivity index (χ1v) is 16.7. The van der Waals surface area contributed by atoms with E-state index >= 15 is 0 Å². The van der Waals surface area contributed by atoms with Crippen LogP contribution in [0.1, 0.15) is 5.56 Å². The molecular formula is C25H23FN8O9S3. The summed E-state index contributed by atoms with van der Waals surface area (Å²) in [5.74, 6) is -1.86. The molecule has 0 fully saturated rings. The van der Waals surface area contributed by atoms with Gasteiger partial charge in [0.15, 0.2) is 21.4 Å². The van der Waals surface area contributed by atoms with Gasteiger partial charge in [-0.05, 0) is 54.6 Å². The molecule has 3 aromatic carbocycles. The van der Waals surface area contributed by atoms with Gasteiger partial charge in [0.05, 0.1) is 20.4 Å². The van der Waals surface area contributed by atoms with Crippen molar-refractivity contribution < 1.29 is 43.9 Å². The molecule has 0 bridgehead atoms. The smallest absolute Gasteiger partial charge is 0.315 e. The standard InChI is InChI=1S/C25H23FN8O9S3/c1-3-44(36,37)17-6-4-5-15(11-17)34(2)25-30-23(26)29-24(31-25)28-19-12-18(46(41,42)43)13-20(21(19)35)32-33-22(27)14-7-9-16(10-8-14)45(38,39)40/h3-13,32,35H,1H2,2H3,(H2,27,33)(H,38,39,40)(H,41,42,43)(H,28,29,30,31). The Kier molecular flexibility index (Phi) is 9.26. The van der Waals surface area contributed by atoms with E-state index in [1.165, 1.54) is 48.3 Å². The fraction of sp³-hybridized carbons (Fsp3) is 0.0400. The van der Waals surface area contributed by atoms with Crippen molar-refractivity contribution in [3.63, 3.8) is 0 Å². The van der Waals surface area contributed by atoms with Crippen molar-refractivity contribution in [3.8, 4) is 5.75 Å². The van der Waals surface area contributed by atoms with Crippen LogP contribution in [0.25, 0.3) is 0 Å². The summed E-state index contributed by atoms with van der Waals surface area (Å²) < 4.78 is 104. The monoisotopic (exact) mass is 694 g/mol. The predicted octanol–water partition coefficient (Wildman–Crippen LogP) is 2.37. The Morgan fingerprint density at radius 1 is 0.913 bits per heavy atom. The zero-order valence-corrected chi connectivity index (χ0v) is 25.7. The number of aromatic nitrogens is 3. The molecule has 0 unspecified atom stereocenters. The van der Waals surface area contributed by atoms with Gasteiger partial charge in [-0.25, -0.2) is 8.42 Å². The average Bonchev–Trinajstić information content (AvgIpc) is 2.99. The van der Waals surface area contributed by atoms with Crippen molar-refractivity contribution in [2.75, 3.05) is 22.7 Å². The van der Waals surface area contributed by atoms with Crippen molar-refractivity contribution in [1.82, 2.24) is 15.0 Å². The first-order chi connectivity index (χ1) is 21.4. The molecule has 0 saturated carbocycles. The van der Waals surface area contributed by atoms with Crippen LogP contribution in [0.5, 0.6) is 5.75 Å². The molecule has 0 amide bonds. The Labute approximate surface area is 261 Å². The Bertz CT molecular complexity index is 2200. The third-order valence-corrected chi connectivity index (χ3v) is 9.07. The summed E-state index contributed by atoms with van der Waals surface area (Å²) in [4.78, 5) is 11.1. The van der Waals surface area contributed by atoms with Gasteiger partial charge in [-0.3, -0.25) is 14.5 Å². The van der Waals surface area contributed by atoms with Gasteiger partial charge in [0, 0.05) is 23.7 Å². The summed E-state index contributed by atoms with van der Waals surface area (Å²) in [5, 5.41) is 17.9. The molecule has 0 saturated heterocycles. The van der Waals surface area contributed by atoms with E-state index in [1.54, 1.807) is 0 Å². The Balaban J connectivity index is 1.69. The number of hydrazone groups is 1. The zero-order chi connectivity index (χ0) is 34.0. The van der Waals surface area contributed by atoms with Crippen LogP contribution in [-0.2, 0) is 30.1 Å². The number of benzene rings is 3. The fourth-order valence-electron chi connectivity index (χ4n) is 3.67. The largest absolute Gasteiger partial charge is 0.504 e. The molecule has 0 aliphatic rings. The predicted molar refractivity (Wildman–Crippen MR) is 163 cm³/mol. The number of nitrogens with one attached hydrogen (secondary N) is 2. The highest BCUT2D eigenvalue weighted by Crippen LogP contribution is 2.37. The van der Waals surface area contributed by atoms with E-state index in [0.29, 0.717) is 0 Å². The number of phenolic OH excluding ortho intramolecular Hbond substituents is 1. The first-order valence-electron chi connectivity index (χ1n) is 12.3. The SMILES string of the molecule is C=CS(=O)(=O)c1cccc(N(C)c2nc(F)nc(Nc3cc(S(=O)(=O)O)cc(N/N=C(\N)c4ccc(S(=O)(=O)O)cc4)c3O)n2)c1. The van der Waals surface area contributed by atoms with Crippen LogP contribution in [0.15, 0.2) is 92.4 Å². The lowest BCUT2D eigenvalue weighted by atomic mass is 10.2. The summed E-state index contributed by atoms with van der Waals surface area (Å²) in [6.07, 6.45) is -1.31. The highest BCUT2D eigenvalue weighted by Gasteiger charge is 2.20. The molecule has 46 heavy (non-hydrogen) atoms. The molecule has 1 heterocycles. The Morgan fingerprint density at radius 3 is 2.15 bits per heavy atom. The van der Waals surface area contributed by atoms with Crippen molar-refractivity contribution >= 4 is 64.9 Å². The normalized spacial score (nSPS) is 12.4. The van der Waals surface area contributed by atoms with Crippen LogP contribution in [0.3, 0.4) is 0 Å². The molecule has 4 aromatic rings. The number of nitrogens with zero attached hydrogens (tertiary/aromatic N) is 5. The molecule has 0 spiro atoms. The Hall–Kier alpha value is -5.22. The number of amidine groups is 1. The number of rotatable bonds is 11. The highest BCUT2D eigenvalue weighted by atomic mass is 32.2. The quantitative estimate of drug-likeness (QED) is 0.0432. The number of anilines is 5. The van der Waals surface area contributed by atoms with Crippen LogP contribution < -0.4 is 21.4 Å². The lowest BCUT2D eigenvalue weighted by Gasteiger charge is -2.18. The second kappa shape index (κ2) is 12.6. The van der Waals surface area contributed by atoms with Crippen molar-refractivity contribution in [2.45, 2.75) is 14.7 Å². The van der Waals surface area contributed by atoms with Crippen LogP contribution in [0.4, 0.5) is 33.3 Å². The summed E-state index contributed by atoms with van der Waals surface area (Å²) in [7, 11) is -11.8. The van der Waals surface area contributed by atoms with Crippen LogP contribution in [-0.4, -0.2) is 67.3 Å². The summed E-state index contributed by atoms with van der Waals surface area (Å²) in [6, 6.07) is 11.6. The molecule has 242 valence electrons. The second-order valence-electron chi connectivity index (χ2n) is 9.07. The third-order valence-electron chi connectivity index (χ3n) is 6.02. The number of aromatic hydroxyl groups is 1. The third kappa shape index (κ3) is 7.70. The molecule has 4 rings (SSSR count). The molecule has 7 N–H and O–H groups in total. The minimum absolute atomic E-state index is 0.106. The van der Waals surface area contributed by atoms with Crippen LogP contribution in [0.2, 0.25) is 0 Å². The highest BCUT2D eigenvalue weighted by molar-refractivity contribution is 7.94. The van der Waals surface area contributed by atoms with E-state index < -0.39 is 69.0 Å². The fourth-order valence-corrected chi connectivity index (χ4v) is 5.43. The van der Waals surface area contributed by atoms with Crippen molar-refractivity contribution in [1.29, 1.82) is 0 Å². The average molecular weight is 695 g/mol. The lowest BCUT2D eigenvalue weighted by molar-refractivity contribution is 0.475. The minimum atomic E-state index is -4.89. The Morgan fingerprint density at radius 2 is 1.54 bits per heavy atom. The maximum atomic E-state index is 14.5. The van der Waals surface area contributed by atoms with E-state index in [9.17, 15) is 39.3 Å². The van der Waals surface area contributed by atoms with Gasteiger partial charge < -0.3 is 21.1 Å². The van der Waals surface area contributed by atoms with E-state index in [2.05, 4.69) is 37.4 Å². The number of halogens is 1. The molecule has 17 nitrogen and oxygen atoms in total. The van der Waals surface area contributed by atoms with Gasteiger partial charge in [0.2, 0.25) is 11.9 Å². The van der Waals surface area contributed by atoms with E-state index in [4.69, 9.17) is 10.3 Å². The van der Waals surface area contributed by atoms with Gasteiger partial charge >= 0.3 is 6.08 Å². The van der Waals surface area contributed by atoms with Gasteiger partial charge in [-0.1, -0.05) is 12.6 Å².